The molecule has 0 aromatic rings. The number of halogens is 1. The van der Waals surface area contributed by atoms with Crippen molar-refractivity contribution in [1.82, 2.24) is 14.9 Å². The summed E-state index contributed by atoms with van der Waals surface area (Å²) in [6, 6.07) is 0. The Morgan fingerprint density at radius 2 is 2.11 bits per heavy atom. The molecular weight excluding hydrogens is 479 g/mol. The normalized spacial score (nSPS) is 17.9. The molecule has 0 aliphatic carbocycles. The van der Waals surface area contributed by atoms with Gasteiger partial charge < -0.3 is 15.0 Å². The van der Waals surface area contributed by atoms with E-state index >= 15 is 0 Å². The molecule has 0 aromatic carbocycles. The first-order chi connectivity index (χ1) is 12.5. The van der Waals surface area contributed by atoms with E-state index in [-0.39, 0.29) is 35.8 Å². The highest BCUT2D eigenvalue weighted by molar-refractivity contribution is 14.0. The van der Waals surface area contributed by atoms with Crippen LogP contribution in [-0.2, 0) is 14.8 Å². The quantitative estimate of drug-likeness (QED) is 0.137. The van der Waals surface area contributed by atoms with Crippen molar-refractivity contribution in [3.8, 4) is 0 Å². The molecule has 1 fully saturated rings. The molecule has 2 N–H and O–H groups in total. The van der Waals surface area contributed by atoms with Gasteiger partial charge in [0.25, 0.3) is 0 Å². The fraction of sp³-hybridized carbons (Fsp3) is 0.833. The molecule has 0 radical (unpaired) electrons. The molecule has 1 atom stereocenters. The van der Waals surface area contributed by atoms with Crippen LogP contribution in [0.25, 0.3) is 0 Å². The van der Waals surface area contributed by atoms with Gasteiger partial charge in [0.2, 0.25) is 10.0 Å². The molecule has 0 bridgehead atoms. The summed E-state index contributed by atoms with van der Waals surface area (Å²) in [7, 11) is 0.367. The Morgan fingerprint density at radius 1 is 1.33 bits per heavy atom. The highest BCUT2D eigenvalue weighted by atomic mass is 127. The summed E-state index contributed by atoms with van der Waals surface area (Å²) in [5.41, 5.74) is 0. The lowest BCUT2D eigenvalue weighted by Crippen LogP contribution is -2.43. The molecule has 1 saturated heterocycles. The number of nitrogens with zero attached hydrogens (tertiary/aromatic N) is 2. The molecule has 7 nitrogen and oxygen atoms in total. The van der Waals surface area contributed by atoms with Gasteiger partial charge in [-0.05, 0) is 38.5 Å². The zero-order valence-electron chi connectivity index (χ0n) is 16.8. The van der Waals surface area contributed by atoms with E-state index in [1.807, 2.05) is 18.0 Å². The zero-order valence-corrected chi connectivity index (χ0v) is 19.9. The van der Waals surface area contributed by atoms with Crippen LogP contribution in [0.2, 0.25) is 0 Å². The third kappa shape index (κ3) is 12.6. The van der Waals surface area contributed by atoms with Crippen molar-refractivity contribution in [2.24, 2.45) is 4.99 Å². The Hall–Kier alpha value is -0.390. The summed E-state index contributed by atoms with van der Waals surface area (Å²) in [5, 5.41) is 3.12. The van der Waals surface area contributed by atoms with E-state index in [1.54, 1.807) is 7.05 Å². The third-order valence-corrected chi connectivity index (χ3v) is 5.78. The predicted octanol–water partition coefficient (Wildman–Crippen LogP) is 2.35. The highest BCUT2D eigenvalue weighted by Gasteiger charge is 2.17. The van der Waals surface area contributed by atoms with Crippen molar-refractivity contribution < 1.29 is 13.2 Å². The van der Waals surface area contributed by atoms with Gasteiger partial charge >= 0.3 is 0 Å². The minimum absolute atomic E-state index is 0. The number of rotatable bonds is 12. The van der Waals surface area contributed by atoms with E-state index in [0.717, 1.165) is 64.1 Å². The molecular formula is C18H37IN4O3S. The summed E-state index contributed by atoms with van der Waals surface area (Å²) < 4.78 is 32.4. The van der Waals surface area contributed by atoms with Crippen LogP contribution in [0.4, 0.5) is 0 Å². The number of allylic oxidation sites excluding steroid dienone is 1. The lowest BCUT2D eigenvalue weighted by molar-refractivity contribution is 0.0200. The molecule has 1 heterocycles. The molecule has 9 heteroatoms. The van der Waals surface area contributed by atoms with Crippen molar-refractivity contribution in [2.75, 3.05) is 46.1 Å². The molecule has 160 valence electrons. The predicted molar refractivity (Wildman–Crippen MR) is 123 cm³/mol. The second kappa shape index (κ2) is 15.5. The zero-order chi connectivity index (χ0) is 19.3. The monoisotopic (exact) mass is 516 g/mol. The van der Waals surface area contributed by atoms with E-state index in [4.69, 9.17) is 4.74 Å². The first-order valence-electron chi connectivity index (χ1n) is 9.60. The number of ether oxygens (including phenoxy) is 1. The van der Waals surface area contributed by atoms with Gasteiger partial charge in [-0.3, -0.25) is 4.99 Å². The van der Waals surface area contributed by atoms with Crippen LogP contribution >= 0.6 is 24.0 Å². The number of hydrogen-bond donors (Lipinski definition) is 2. The van der Waals surface area contributed by atoms with Crippen LogP contribution in [0, 0.1) is 0 Å². The number of sulfonamides is 1. The molecule has 0 aromatic heterocycles. The molecule has 0 amide bonds. The van der Waals surface area contributed by atoms with E-state index in [9.17, 15) is 8.42 Å². The number of guanidine groups is 1. The summed E-state index contributed by atoms with van der Waals surface area (Å²) in [6.07, 6.45) is 9.46. The standard InChI is InChI=1S/C18H36N4O3S.HI/c1-4-5-6-7-9-13-22(3)18(19-2)20-12-15-26(23,24)21-16-17-11-8-10-14-25-17;/h4,17,21H,1,5-16H2,2-3H3,(H,19,20);1H. The largest absolute Gasteiger partial charge is 0.377 e. The van der Waals surface area contributed by atoms with Crippen LogP contribution in [0.5, 0.6) is 0 Å². The molecule has 1 unspecified atom stereocenters. The van der Waals surface area contributed by atoms with Crippen molar-refractivity contribution in [2.45, 2.75) is 51.0 Å². The minimum Gasteiger partial charge on any atom is -0.377 e. The average molecular weight is 516 g/mol. The summed E-state index contributed by atoms with van der Waals surface area (Å²) in [4.78, 5) is 6.25. The van der Waals surface area contributed by atoms with Crippen molar-refractivity contribution >= 4 is 40.0 Å². The van der Waals surface area contributed by atoms with Crippen molar-refractivity contribution in [1.29, 1.82) is 0 Å². The first-order valence-corrected chi connectivity index (χ1v) is 11.3. The van der Waals surface area contributed by atoms with Crippen LogP contribution < -0.4 is 10.0 Å². The Morgan fingerprint density at radius 3 is 2.74 bits per heavy atom. The van der Waals surface area contributed by atoms with E-state index in [1.165, 1.54) is 0 Å². The summed E-state index contributed by atoms with van der Waals surface area (Å²) >= 11 is 0. The van der Waals surface area contributed by atoms with E-state index in [0.29, 0.717) is 13.1 Å². The second-order valence-electron chi connectivity index (χ2n) is 6.69. The van der Waals surface area contributed by atoms with E-state index in [2.05, 4.69) is 21.6 Å². The fourth-order valence-electron chi connectivity index (χ4n) is 2.86. The molecule has 1 rings (SSSR count). The molecule has 0 spiro atoms. The third-order valence-electron chi connectivity index (χ3n) is 4.43. The van der Waals surface area contributed by atoms with Gasteiger partial charge in [-0.2, -0.15) is 0 Å². The number of aliphatic imine (C=N–C) groups is 1. The smallest absolute Gasteiger partial charge is 0.213 e. The Labute approximate surface area is 182 Å². The maximum absolute atomic E-state index is 12.1. The Kier molecular flexibility index (Phi) is 15.3. The van der Waals surface area contributed by atoms with Crippen LogP contribution in [0.3, 0.4) is 0 Å². The molecule has 1 aliphatic rings. The number of hydrogen-bond acceptors (Lipinski definition) is 4. The van der Waals surface area contributed by atoms with E-state index < -0.39 is 10.0 Å². The van der Waals surface area contributed by atoms with Gasteiger partial charge in [0.15, 0.2) is 5.96 Å². The van der Waals surface area contributed by atoms with Crippen LogP contribution in [-0.4, -0.2) is 71.5 Å². The summed E-state index contributed by atoms with van der Waals surface area (Å²) in [6.45, 7) is 6.03. The topological polar surface area (TPSA) is 83.0 Å². The lowest BCUT2D eigenvalue weighted by atomic mass is 10.1. The number of nitrogens with one attached hydrogen (secondary N) is 2. The molecule has 0 saturated carbocycles. The van der Waals surface area contributed by atoms with Gasteiger partial charge in [0.05, 0.1) is 11.9 Å². The Bertz CT molecular complexity index is 523. The molecule has 1 aliphatic heterocycles. The number of unbranched alkanes of at least 4 members (excludes halogenated alkanes) is 3. The maximum Gasteiger partial charge on any atom is 0.213 e. The van der Waals surface area contributed by atoms with Gasteiger partial charge in [-0.25, -0.2) is 13.1 Å². The lowest BCUT2D eigenvalue weighted by Gasteiger charge is -2.23. The van der Waals surface area contributed by atoms with Crippen LogP contribution in [0.1, 0.15) is 44.9 Å². The van der Waals surface area contributed by atoms with Gasteiger partial charge in [0.1, 0.15) is 0 Å². The first kappa shape index (κ1) is 26.6. The van der Waals surface area contributed by atoms with Gasteiger partial charge in [0, 0.05) is 40.3 Å². The second-order valence-corrected chi connectivity index (χ2v) is 8.62. The average Bonchev–Trinajstić information content (AvgIpc) is 2.64. The van der Waals surface area contributed by atoms with Crippen LogP contribution in [0.15, 0.2) is 17.6 Å². The Balaban J connectivity index is 0.00000676. The minimum atomic E-state index is -3.31. The highest BCUT2D eigenvalue weighted by Crippen LogP contribution is 2.11. The summed E-state index contributed by atoms with van der Waals surface area (Å²) in [5.74, 6) is 0.742. The van der Waals surface area contributed by atoms with Crippen molar-refractivity contribution in [3.05, 3.63) is 12.7 Å². The maximum atomic E-state index is 12.1. The van der Waals surface area contributed by atoms with Gasteiger partial charge in [-0.15, -0.1) is 30.6 Å². The molecule has 27 heavy (non-hydrogen) atoms. The van der Waals surface area contributed by atoms with Gasteiger partial charge in [-0.1, -0.05) is 12.5 Å². The SMILES string of the molecule is C=CCCCCCN(C)C(=NC)NCCS(=O)(=O)NCC1CCCCO1.I. The fourth-order valence-corrected chi connectivity index (χ4v) is 3.82. The van der Waals surface area contributed by atoms with Crippen molar-refractivity contribution in [3.63, 3.8) is 0 Å².